The molecule has 3 nitrogen and oxygen atoms in total. The second-order valence-electron chi connectivity index (χ2n) is 14.1. The van der Waals surface area contributed by atoms with Crippen molar-refractivity contribution in [2.24, 2.45) is 0 Å². The zero-order chi connectivity index (χ0) is 35.2. The highest BCUT2D eigenvalue weighted by Gasteiger charge is 1.98. The third-order valence-corrected chi connectivity index (χ3v) is 9.28. The third-order valence-electron chi connectivity index (χ3n) is 9.28. The van der Waals surface area contributed by atoms with Gasteiger partial charge in [0.1, 0.15) is 0 Å². The van der Waals surface area contributed by atoms with Crippen molar-refractivity contribution >= 4 is 5.97 Å². The van der Waals surface area contributed by atoms with Crippen molar-refractivity contribution in [3.05, 3.63) is 13.2 Å². The number of hydrogen-bond donors (Lipinski definition) is 1. The van der Waals surface area contributed by atoms with E-state index in [1.54, 1.807) is 0 Å². The lowest BCUT2D eigenvalue weighted by atomic mass is 10.0. The van der Waals surface area contributed by atoms with Crippen molar-refractivity contribution in [2.75, 3.05) is 13.2 Å². The maximum absolute atomic E-state index is 10.3. The Balaban J connectivity index is -0.000000799. The topological polar surface area (TPSA) is 46.5 Å². The molecule has 0 heterocycles. The summed E-state index contributed by atoms with van der Waals surface area (Å²) in [5.41, 5.74) is 0. The molecule has 0 radical (unpaired) electrons. The molecule has 0 aromatic carbocycles. The Bertz CT molecular complexity index is 498. The number of rotatable bonds is 38. The molecule has 0 amide bonds. The number of ether oxygens (including phenoxy) is 1. The lowest BCUT2D eigenvalue weighted by Crippen LogP contribution is -1.97. The van der Waals surface area contributed by atoms with Gasteiger partial charge in [-0.05, 0) is 19.3 Å². The van der Waals surface area contributed by atoms with Crippen LogP contribution in [0, 0.1) is 0 Å². The van der Waals surface area contributed by atoms with Crippen molar-refractivity contribution in [1.82, 2.24) is 0 Å². The van der Waals surface area contributed by atoms with E-state index < -0.39 is 5.97 Å². The molecule has 0 bridgehead atoms. The summed E-state index contributed by atoms with van der Waals surface area (Å²) in [6, 6.07) is 0. The molecule has 0 rings (SSSR count). The Hall–Kier alpha value is -0.830. The second kappa shape index (κ2) is 52.0. The minimum Gasteiger partial charge on any atom is -0.481 e. The summed E-state index contributed by atoms with van der Waals surface area (Å²) in [7, 11) is 0. The first kappa shape index (κ1) is 50.5. The average molecular weight is 667 g/mol. The molecular weight excluding hydrogens is 576 g/mol. The predicted molar refractivity (Wildman–Crippen MR) is 213 cm³/mol. The van der Waals surface area contributed by atoms with Gasteiger partial charge in [-0.2, -0.15) is 0 Å². The van der Waals surface area contributed by atoms with Crippen LogP contribution in [0.4, 0.5) is 0 Å². The summed E-state index contributed by atoms with van der Waals surface area (Å²) >= 11 is 0. The third kappa shape index (κ3) is 57.8. The maximum atomic E-state index is 10.3. The van der Waals surface area contributed by atoms with Gasteiger partial charge in [0, 0.05) is 19.6 Å². The molecule has 0 atom stereocenters. The highest BCUT2D eigenvalue weighted by Crippen LogP contribution is 2.14. The molecule has 0 aliphatic rings. The normalized spacial score (nSPS) is 10.7. The number of unbranched alkanes of at least 4 members (excludes halogenated alkanes) is 32. The van der Waals surface area contributed by atoms with Gasteiger partial charge in [-0.15, -0.1) is 13.2 Å². The van der Waals surface area contributed by atoms with Gasteiger partial charge < -0.3 is 9.84 Å². The Morgan fingerprint density at radius 3 is 0.766 bits per heavy atom. The first-order valence-corrected chi connectivity index (χ1v) is 21.5. The average Bonchev–Trinajstić information content (AvgIpc) is 3.08. The monoisotopic (exact) mass is 667 g/mol. The zero-order valence-corrected chi connectivity index (χ0v) is 33.0. The zero-order valence-electron chi connectivity index (χ0n) is 33.0. The van der Waals surface area contributed by atoms with Crippen LogP contribution in [0.25, 0.3) is 0 Å². The smallest absolute Gasteiger partial charge is 0.303 e. The van der Waals surface area contributed by atoms with E-state index in [9.17, 15) is 4.79 Å². The molecule has 3 heteroatoms. The van der Waals surface area contributed by atoms with Crippen LogP contribution in [0.2, 0.25) is 0 Å². The van der Waals surface area contributed by atoms with Gasteiger partial charge in [-0.25, -0.2) is 0 Å². The van der Waals surface area contributed by atoms with E-state index in [0.29, 0.717) is 6.42 Å². The summed E-state index contributed by atoms with van der Waals surface area (Å²) in [5, 5.41) is 8.52. The van der Waals surface area contributed by atoms with Gasteiger partial charge >= 0.3 is 5.97 Å². The molecule has 0 aromatic heterocycles. The van der Waals surface area contributed by atoms with E-state index in [2.05, 4.69) is 33.9 Å². The van der Waals surface area contributed by atoms with Crippen LogP contribution in [0.1, 0.15) is 252 Å². The molecule has 0 spiro atoms. The predicted octanol–water partition coefficient (Wildman–Crippen LogP) is 16.0. The van der Waals surface area contributed by atoms with Crippen LogP contribution in [0.5, 0.6) is 0 Å². The van der Waals surface area contributed by atoms with Crippen molar-refractivity contribution in [3.8, 4) is 0 Å². The summed E-state index contributed by atoms with van der Waals surface area (Å²) < 4.78 is 5.78. The van der Waals surface area contributed by atoms with Crippen molar-refractivity contribution < 1.29 is 14.6 Å². The number of carboxylic acids is 1. The Labute approximate surface area is 298 Å². The first-order chi connectivity index (χ1) is 23.2. The molecule has 1 N–H and O–H groups in total. The molecule has 0 fully saturated rings. The fourth-order valence-electron chi connectivity index (χ4n) is 6.13. The van der Waals surface area contributed by atoms with E-state index in [0.717, 1.165) is 26.1 Å². The number of aliphatic carboxylic acids is 1. The summed E-state index contributed by atoms with van der Waals surface area (Å²) in [6.07, 6.45) is 48.4. The molecular formula is C44H90O3. The molecule has 0 saturated heterocycles. The highest BCUT2D eigenvalue weighted by atomic mass is 16.5. The van der Waals surface area contributed by atoms with Crippen LogP contribution >= 0.6 is 0 Å². The van der Waals surface area contributed by atoms with Crippen molar-refractivity contribution in [2.45, 2.75) is 252 Å². The second-order valence-corrected chi connectivity index (χ2v) is 14.1. The summed E-state index contributed by atoms with van der Waals surface area (Å²) in [6.45, 7) is 14.8. The number of hydrogen-bond acceptors (Lipinski definition) is 2. The van der Waals surface area contributed by atoms with Crippen LogP contribution in [0.15, 0.2) is 13.2 Å². The minimum atomic E-state index is -0.653. The van der Waals surface area contributed by atoms with Crippen LogP contribution in [-0.2, 0) is 9.53 Å². The Kier molecular flexibility index (Phi) is 55.9. The van der Waals surface area contributed by atoms with Gasteiger partial charge in [0.05, 0.1) is 0 Å². The fraction of sp³-hybridized carbons (Fsp3) is 0.932. The number of carboxylic acid groups (broad SMARTS) is 1. The van der Waals surface area contributed by atoms with Gasteiger partial charge in [0.2, 0.25) is 0 Å². The maximum Gasteiger partial charge on any atom is 0.303 e. The fourth-order valence-corrected chi connectivity index (χ4v) is 6.13. The van der Waals surface area contributed by atoms with Crippen molar-refractivity contribution in [3.63, 3.8) is 0 Å². The van der Waals surface area contributed by atoms with E-state index in [-0.39, 0.29) is 0 Å². The quantitative estimate of drug-likeness (QED) is 0.0527. The lowest BCUT2D eigenvalue weighted by molar-refractivity contribution is -0.137. The van der Waals surface area contributed by atoms with Gasteiger partial charge in [0.25, 0.3) is 0 Å². The van der Waals surface area contributed by atoms with Crippen LogP contribution in [-0.4, -0.2) is 24.3 Å². The summed E-state index contributed by atoms with van der Waals surface area (Å²) in [5.74, 6) is -0.653. The molecule has 47 heavy (non-hydrogen) atoms. The largest absolute Gasteiger partial charge is 0.481 e. The van der Waals surface area contributed by atoms with Gasteiger partial charge in [-0.1, -0.05) is 226 Å². The van der Waals surface area contributed by atoms with E-state index in [1.165, 1.54) is 212 Å². The Morgan fingerprint density at radius 2 is 0.553 bits per heavy atom. The molecule has 0 saturated carbocycles. The molecule has 0 aromatic rings. The standard InChI is InChI=1S/C24H50O.C18H36O2.C2H4/c1-3-5-7-9-11-13-15-17-19-21-23-25-24-22-20-18-16-14-12-10-8-6-4-2;1-2-3-4-5-6-7-8-9-10-11-12-13-14-15-16-17-18(19)20;1-2/h3-24H2,1-2H3;2-17H2,1H3,(H,19,20);1-2H2. The van der Waals surface area contributed by atoms with Crippen LogP contribution < -0.4 is 0 Å². The van der Waals surface area contributed by atoms with Gasteiger partial charge in [-0.3, -0.25) is 4.79 Å². The van der Waals surface area contributed by atoms with E-state index in [1.807, 2.05) is 0 Å². The van der Waals surface area contributed by atoms with E-state index in [4.69, 9.17) is 9.84 Å². The number of carbonyl (C=O) groups is 1. The minimum absolute atomic E-state index is 0.345. The lowest BCUT2D eigenvalue weighted by Gasteiger charge is -2.05. The van der Waals surface area contributed by atoms with E-state index >= 15 is 0 Å². The SMILES string of the molecule is C=C.CCCCCCCCCCCCCCCCCC(=O)O.CCCCCCCCCCCCOCCCCCCCCCCCC. The highest BCUT2D eigenvalue weighted by molar-refractivity contribution is 5.66. The molecule has 0 aliphatic heterocycles. The molecule has 0 aliphatic carbocycles. The molecule has 284 valence electrons. The Morgan fingerprint density at radius 1 is 0.362 bits per heavy atom. The van der Waals surface area contributed by atoms with Crippen LogP contribution in [0.3, 0.4) is 0 Å². The first-order valence-electron chi connectivity index (χ1n) is 21.5. The molecule has 0 unspecified atom stereocenters. The van der Waals surface area contributed by atoms with Gasteiger partial charge in [0.15, 0.2) is 0 Å². The summed E-state index contributed by atoms with van der Waals surface area (Å²) in [4.78, 5) is 10.3. The van der Waals surface area contributed by atoms with Crippen molar-refractivity contribution in [1.29, 1.82) is 0 Å².